The molecule has 0 atom stereocenters. The molecule has 30 heavy (non-hydrogen) atoms. The van der Waals surface area contributed by atoms with E-state index >= 15 is 0 Å². The SMILES string of the molecule is O=C(Nc1ccc2c(c1)OCCO2)c1ccc(=O)n(Cc2ccc([N+](=O)[O-])cc2)c1. The van der Waals surface area contributed by atoms with E-state index in [4.69, 9.17) is 9.47 Å². The zero-order valence-electron chi connectivity index (χ0n) is 15.7. The first-order valence-electron chi connectivity index (χ1n) is 9.14. The van der Waals surface area contributed by atoms with Gasteiger partial charge in [0.15, 0.2) is 11.5 Å². The summed E-state index contributed by atoms with van der Waals surface area (Å²) < 4.78 is 12.3. The number of fused-ring (bicyclic) bond motifs is 1. The Morgan fingerprint density at radius 1 is 1.03 bits per heavy atom. The van der Waals surface area contributed by atoms with E-state index in [2.05, 4.69) is 5.32 Å². The number of amides is 1. The third kappa shape index (κ3) is 4.14. The number of nitrogens with zero attached hydrogens (tertiary/aromatic N) is 2. The molecule has 0 saturated carbocycles. The van der Waals surface area contributed by atoms with Crippen molar-refractivity contribution in [3.05, 3.63) is 92.4 Å². The molecule has 1 aromatic heterocycles. The predicted octanol–water partition coefficient (Wildman–Crippen LogP) is 2.83. The topological polar surface area (TPSA) is 113 Å². The van der Waals surface area contributed by atoms with Crippen molar-refractivity contribution in [2.75, 3.05) is 18.5 Å². The quantitative estimate of drug-likeness (QED) is 0.514. The van der Waals surface area contributed by atoms with E-state index in [9.17, 15) is 19.7 Å². The van der Waals surface area contributed by atoms with Crippen molar-refractivity contribution >= 4 is 17.3 Å². The number of hydrogen-bond acceptors (Lipinski definition) is 6. The maximum Gasteiger partial charge on any atom is 0.269 e. The first kappa shape index (κ1) is 19.2. The normalized spacial score (nSPS) is 12.3. The summed E-state index contributed by atoms with van der Waals surface area (Å²) in [6.45, 7) is 1.11. The Balaban J connectivity index is 1.51. The van der Waals surface area contributed by atoms with Gasteiger partial charge in [0.2, 0.25) is 0 Å². The van der Waals surface area contributed by atoms with Crippen LogP contribution in [0.1, 0.15) is 15.9 Å². The Morgan fingerprint density at radius 2 is 1.77 bits per heavy atom. The second-order valence-corrected chi connectivity index (χ2v) is 6.62. The maximum atomic E-state index is 12.6. The highest BCUT2D eigenvalue weighted by Crippen LogP contribution is 2.32. The molecule has 4 rings (SSSR count). The molecule has 0 fully saturated rings. The zero-order valence-corrected chi connectivity index (χ0v) is 15.7. The summed E-state index contributed by atoms with van der Waals surface area (Å²) in [6.07, 6.45) is 1.46. The Hall–Kier alpha value is -4.14. The van der Waals surface area contributed by atoms with Crippen LogP contribution in [0.5, 0.6) is 11.5 Å². The van der Waals surface area contributed by atoms with Gasteiger partial charge in [0.05, 0.1) is 17.0 Å². The summed E-state index contributed by atoms with van der Waals surface area (Å²) in [5, 5.41) is 13.5. The first-order chi connectivity index (χ1) is 14.5. The fraction of sp³-hybridized carbons (Fsp3) is 0.143. The van der Waals surface area contributed by atoms with Gasteiger partial charge in [-0.05, 0) is 23.8 Å². The van der Waals surface area contributed by atoms with Crippen LogP contribution in [0.3, 0.4) is 0 Å². The molecule has 9 heteroatoms. The van der Waals surface area contributed by atoms with E-state index in [-0.39, 0.29) is 23.7 Å². The lowest BCUT2D eigenvalue weighted by molar-refractivity contribution is -0.384. The summed E-state index contributed by atoms with van der Waals surface area (Å²) in [7, 11) is 0. The smallest absolute Gasteiger partial charge is 0.269 e. The lowest BCUT2D eigenvalue weighted by atomic mass is 10.2. The minimum atomic E-state index is -0.487. The number of rotatable bonds is 5. The number of carbonyl (C=O) groups is 1. The van der Waals surface area contributed by atoms with Gasteiger partial charge in [0.25, 0.3) is 17.2 Å². The molecule has 0 spiro atoms. The highest BCUT2D eigenvalue weighted by molar-refractivity contribution is 6.04. The van der Waals surface area contributed by atoms with E-state index in [0.29, 0.717) is 41.5 Å². The number of benzene rings is 2. The van der Waals surface area contributed by atoms with Gasteiger partial charge in [-0.3, -0.25) is 19.7 Å². The van der Waals surface area contributed by atoms with Crippen LogP contribution in [0.2, 0.25) is 0 Å². The summed E-state index contributed by atoms with van der Waals surface area (Å²) in [5.74, 6) is 0.794. The third-order valence-electron chi connectivity index (χ3n) is 4.55. The molecule has 1 N–H and O–H groups in total. The molecular weight excluding hydrogens is 390 g/mol. The van der Waals surface area contributed by atoms with Gasteiger partial charge in [-0.15, -0.1) is 0 Å². The molecule has 2 aromatic carbocycles. The van der Waals surface area contributed by atoms with Crippen molar-refractivity contribution in [3.63, 3.8) is 0 Å². The Kier molecular flexibility index (Phi) is 5.17. The van der Waals surface area contributed by atoms with Gasteiger partial charge in [0.1, 0.15) is 13.2 Å². The Morgan fingerprint density at radius 3 is 2.50 bits per heavy atom. The lowest BCUT2D eigenvalue weighted by Gasteiger charge is -2.19. The van der Waals surface area contributed by atoms with Gasteiger partial charge in [0, 0.05) is 36.1 Å². The summed E-state index contributed by atoms with van der Waals surface area (Å²) in [6, 6.07) is 13.8. The largest absolute Gasteiger partial charge is 0.486 e. The minimum Gasteiger partial charge on any atom is -0.486 e. The number of aromatic nitrogens is 1. The van der Waals surface area contributed by atoms with Crippen molar-refractivity contribution in [1.29, 1.82) is 0 Å². The summed E-state index contributed by atoms with van der Waals surface area (Å²) in [4.78, 5) is 35.1. The van der Waals surface area contributed by atoms with Crippen LogP contribution in [0.25, 0.3) is 0 Å². The van der Waals surface area contributed by atoms with Crippen LogP contribution in [-0.2, 0) is 6.54 Å². The second-order valence-electron chi connectivity index (χ2n) is 6.62. The maximum absolute atomic E-state index is 12.6. The van der Waals surface area contributed by atoms with E-state index < -0.39 is 4.92 Å². The van der Waals surface area contributed by atoms with E-state index in [1.165, 1.54) is 35.0 Å². The molecule has 0 aliphatic carbocycles. The minimum absolute atomic E-state index is 0.0290. The monoisotopic (exact) mass is 407 g/mol. The molecule has 3 aromatic rings. The lowest BCUT2D eigenvalue weighted by Crippen LogP contribution is -2.22. The number of anilines is 1. The number of ether oxygens (including phenoxy) is 2. The standard InChI is InChI=1S/C21H17N3O6/c25-20-8-3-15(13-23(20)12-14-1-5-17(6-2-14)24(27)28)21(26)22-16-4-7-18-19(11-16)30-10-9-29-18/h1-8,11,13H,9-10,12H2,(H,22,26). The Labute approximate surface area is 170 Å². The highest BCUT2D eigenvalue weighted by atomic mass is 16.6. The molecule has 0 radical (unpaired) electrons. The van der Waals surface area contributed by atoms with E-state index in [1.54, 1.807) is 30.3 Å². The highest BCUT2D eigenvalue weighted by Gasteiger charge is 2.14. The fourth-order valence-corrected chi connectivity index (χ4v) is 3.03. The molecule has 1 amide bonds. The molecular formula is C21H17N3O6. The number of hydrogen-bond donors (Lipinski definition) is 1. The predicted molar refractivity (Wildman–Crippen MR) is 108 cm³/mol. The van der Waals surface area contributed by atoms with Crippen LogP contribution < -0.4 is 20.3 Å². The first-order valence-corrected chi connectivity index (χ1v) is 9.14. The van der Waals surface area contributed by atoms with Gasteiger partial charge < -0.3 is 19.4 Å². The number of nitro benzene ring substituents is 1. The molecule has 0 saturated heterocycles. The molecule has 1 aliphatic rings. The number of non-ortho nitro benzene ring substituents is 1. The number of carbonyl (C=O) groups excluding carboxylic acids is 1. The van der Waals surface area contributed by atoms with Crippen LogP contribution in [0.4, 0.5) is 11.4 Å². The third-order valence-corrected chi connectivity index (χ3v) is 4.55. The number of pyridine rings is 1. The van der Waals surface area contributed by atoms with Crippen molar-refractivity contribution in [1.82, 2.24) is 4.57 Å². The number of nitrogens with one attached hydrogen (secondary N) is 1. The van der Waals surface area contributed by atoms with Crippen LogP contribution in [-0.4, -0.2) is 28.6 Å². The molecule has 9 nitrogen and oxygen atoms in total. The molecule has 0 bridgehead atoms. The second kappa shape index (κ2) is 8.08. The van der Waals surface area contributed by atoms with Gasteiger partial charge in [-0.2, -0.15) is 0 Å². The fourth-order valence-electron chi connectivity index (χ4n) is 3.03. The van der Waals surface area contributed by atoms with Gasteiger partial charge in [-0.25, -0.2) is 0 Å². The van der Waals surface area contributed by atoms with Crippen molar-refractivity contribution in [2.24, 2.45) is 0 Å². The Bertz CT molecular complexity index is 1170. The summed E-state index contributed by atoms with van der Waals surface area (Å²) >= 11 is 0. The van der Waals surface area contributed by atoms with Gasteiger partial charge >= 0.3 is 0 Å². The zero-order chi connectivity index (χ0) is 21.1. The van der Waals surface area contributed by atoms with Crippen LogP contribution >= 0.6 is 0 Å². The van der Waals surface area contributed by atoms with Crippen molar-refractivity contribution < 1.29 is 19.2 Å². The molecule has 0 unspecified atom stereocenters. The number of nitro groups is 1. The summed E-state index contributed by atoms with van der Waals surface area (Å²) in [5.41, 5.74) is 1.22. The molecule has 152 valence electrons. The van der Waals surface area contributed by atoms with Crippen molar-refractivity contribution in [2.45, 2.75) is 6.54 Å². The average Bonchev–Trinajstić information content (AvgIpc) is 2.75. The van der Waals surface area contributed by atoms with Crippen LogP contribution in [0.15, 0.2) is 65.6 Å². The molecule has 2 heterocycles. The van der Waals surface area contributed by atoms with Crippen LogP contribution in [0, 0.1) is 10.1 Å². The van der Waals surface area contributed by atoms with Crippen molar-refractivity contribution in [3.8, 4) is 11.5 Å². The molecule has 1 aliphatic heterocycles. The van der Waals surface area contributed by atoms with E-state index in [0.717, 1.165) is 0 Å². The van der Waals surface area contributed by atoms with Gasteiger partial charge in [-0.1, -0.05) is 12.1 Å². The average molecular weight is 407 g/mol. The van der Waals surface area contributed by atoms with E-state index in [1.807, 2.05) is 0 Å².